The molecule has 0 unspecified atom stereocenters. The van der Waals surface area contributed by atoms with Crippen molar-refractivity contribution >= 4 is 28.3 Å². The summed E-state index contributed by atoms with van der Waals surface area (Å²) in [4.78, 5) is 38.7. The normalized spacial score (nSPS) is 10.7. The molecule has 1 aromatic heterocycles. The number of anilines is 1. The summed E-state index contributed by atoms with van der Waals surface area (Å²) < 4.78 is 20.8. The highest BCUT2D eigenvalue weighted by molar-refractivity contribution is 6.10. The first-order valence-electron chi connectivity index (χ1n) is 10.4. The molecular formula is C26H21FN2O4. The molecule has 1 heterocycles. The van der Waals surface area contributed by atoms with Crippen LogP contribution in [0.5, 0.6) is 5.75 Å². The number of carbonyl (C=O) groups excluding carboxylic acids is 2. The molecule has 0 atom stereocenters. The highest BCUT2D eigenvalue weighted by Crippen LogP contribution is 2.18. The lowest BCUT2D eigenvalue weighted by atomic mass is 10.0. The van der Waals surface area contributed by atoms with Gasteiger partial charge >= 0.3 is 0 Å². The molecule has 1 N–H and O–H groups in total. The van der Waals surface area contributed by atoms with Crippen molar-refractivity contribution in [3.8, 4) is 5.75 Å². The van der Waals surface area contributed by atoms with Gasteiger partial charge in [-0.05, 0) is 49.4 Å². The van der Waals surface area contributed by atoms with E-state index in [-0.39, 0.29) is 23.4 Å². The molecule has 6 nitrogen and oxygen atoms in total. The molecule has 0 aliphatic rings. The molecule has 4 aromatic rings. The van der Waals surface area contributed by atoms with Crippen molar-refractivity contribution in [2.24, 2.45) is 0 Å². The molecule has 1 amide bonds. The summed E-state index contributed by atoms with van der Waals surface area (Å²) in [6.45, 7) is 2.24. The van der Waals surface area contributed by atoms with Gasteiger partial charge in [0, 0.05) is 22.8 Å². The lowest BCUT2D eigenvalue weighted by Gasteiger charge is -2.14. The van der Waals surface area contributed by atoms with Crippen molar-refractivity contribution in [3.63, 3.8) is 0 Å². The zero-order valence-electron chi connectivity index (χ0n) is 17.9. The van der Waals surface area contributed by atoms with Crippen LogP contribution in [0.25, 0.3) is 10.9 Å². The van der Waals surface area contributed by atoms with E-state index in [0.29, 0.717) is 29.1 Å². The van der Waals surface area contributed by atoms with Crippen LogP contribution in [0.1, 0.15) is 22.8 Å². The quantitative estimate of drug-likeness (QED) is 0.429. The summed E-state index contributed by atoms with van der Waals surface area (Å²) in [5, 5.41) is 2.81. The Morgan fingerprint density at radius 3 is 2.42 bits per heavy atom. The fourth-order valence-corrected chi connectivity index (χ4v) is 3.56. The number of aromatic nitrogens is 1. The number of nitrogens with zero attached hydrogens (tertiary/aromatic N) is 1. The number of ether oxygens (including phenoxy) is 1. The predicted molar refractivity (Wildman–Crippen MR) is 124 cm³/mol. The summed E-state index contributed by atoms with van der Waals surface area (Å²) in [6.07, 6.45) is 1.36. The molecule has 0 aliphatic carbocycles. The van der Waals surface area contributed by atoms with Crippen LogP contribution >= 0.6 is 0 Å². The number of pyridine rings is 1. The number of hydrogen-bond donors (Lipinski definition) is 1. The molecule has 0 fully saturated rings. The maximum absolute atomic E-state index is 13.9. The van der Waals surface area contributed by atoms with E-state index in [0.717, 1.165) is 6.07 Å². The smallest absolute Gasteiger partial charge is 0.244 e. The van der Waals surface area contributed by atoms with Crippen LogP contribution in [0.2, 0.25) is 0 Å². The van der Waals surface area contributed by atoms with Crippen molar-refractivity contribution in [3.05, 3.63) is 106 Å². The summed E-state index contributed by atoms with van der Waals surface area (Å²) >= 11 is 0. The van der Waals surface area contributed by atoms with Gasteiger partial charge in [-0.3, -0.25) is 14.4 Å². The second-order valence-electron chi connectivity index (χ2n) is 7.36. The van der Waals surface area contributed by atoms with Crippen LogP contribution in [-0.4, -0.2) is 22.9 Å². The summed E-state index contributed by atoms with van der Waals surface area (Å²) in [7, 11) is 0. The molecule has 33 heavy (non-hydrogen) atoms. The third-order valence-corrected chi connectivity index (χ3v) is 5.09. The minimum Gasteiger partial charge on any atom is -0.494 e. The largest absolute Gasteiger partial charge is 0.494 e. The topological polar surface area (TPSA) is 77.4 Å². The second kappa shape index (κ2) is 9.48. The third kappa shape index (κ3) is 4.82. The lowest BCUT2D eigenvalue weighted by Crippen LogP contribution is -2.24. The van der Waals surface area contributed by atoms with Crippen molar-refractivity contribution in [1.82, 2.24) is 4.57 Å². The van der Waals surface area contributed by atoms with Crippen molar-refractivity contribution in [2.45, 2.75) is 13.5 Å². The molecular weight excluding hydrogens is 423 g/mol. The molecule has 0 saturated heterocycles. The Morgan fingerprint density at radius 2 is 1.73 bits per heavy atom. The number of nitrogens with one attached hydrogen (secondary N) is 1. The van der Waals surface area contributed by atoms with E-state index >= 15 is 0 Å². The molecule has 4 rings (SSSR count). The van der Waals surface area contributed by atoms with Gasteiger partial charge in [-0.1, -0.05) is 30.3 Å². The highest BCUT2D eigenvalue weighted by Gasteiger charge is 2.18. The Bertz CT molecular complexity index is 1380. The van der Waals surface area contributed by atoms with Gasteiger partial charge < -0.3 is 14.6 Å². The van der Waals surface area contributed by atoms with E-state index in [9.17, 15) is 18.8 Å². The van der Waals surface area contributed by atoms with E-state index in [4.69, 9.17) is 4.74 Å². The molecule has 0 spiro atoms. The van der Waals surface area contributed by atoms with Gasteiger partial charge in [0.25, 0.3) is 0 Å². The lowest BCUT2D eigenvalue weighted by molar-refractivity contribution is -0.116. The van der Waals surface area contributed by atoms with E-state index in [1.807, 2.05) is 6.92 Å². The number of amides is 1. The first-order valence-corrected chi connectivity index (χ1v) is 10.4. The van der Waals surface area contributed by atoms with Gasteiger partial charge in [0.05, 0.1) is 17.7 Å². The molecule has 0 radical (unpaired) electrons. The van der Waals surface area contributed by atoms with Crippen molar-refractivity contribution in [2.75, 3.05) is 11.9 Å². The van der Waals surface area contributed by atoms with Crippen LogP contribution in [0.15, 0.2) is 83.8 Å². The Labute approximate surface area is 189 Å². The number of benzene rings is 3. The maximum Gasteiger partial charge on any atom is 0.244 e. The van der Waals surface area contributed by atoms with Crippen molar-refractivity contribution in [1.29, 1.82) is 0 Å². The first-order chi connectivity index (χ1) is 16.0. The number of rotatable bonds is 7. The standard InChI is InChI=1S/C26H21FN2O4/c1-2-33-20-11-9-19(10-12-20)28-24(30)16-29-15-22(25(31)17-6-4-3-5-7-17)26(32)21-14-18(27)8-13-23(21)29/h3-15H,2,16H2,1H3,(H,28,30). The van der Waals surface area contributed by atoms with Gasteiger partial charge in [-0.15, -0.1) is 0 Å². The first kappa shape index (κ1) is 22.0. The SMILES string of the molecule is CCOc1ccc(NC(=O)Cn2cc(C(=O)c3ccccc3)c(=O)c3cc(F)ccc32)cc1. The fraction of sp³-hybridized carbons (Fsp3) is 0.115. The highest BCUT2D eigenvalue weighted by atomic mass is 19.1. The number of hydrogen-bond acceptors (Lipinski definition) is 4. The van der Waals surface area contributed by atoms with Crippen LogP contribution < -0.4 is 15.5 Å². The predicted octanol–water partition coefficient (Wildman–Crippen LogP) is 4.41. The summed E-state index contributed by atoms with van der Waals surface area (Å²) in [5.74, 6) is -0.777. The minimum atomic E-state index is -0.603. The fourth-order valence-electron chi connectivity index (χ4n) is 3.56. The third-order valence-electron chi connectivity index (χ3n) is 5.09. The molecule has 0 saturated carbocycles. The van der Waals surface area contributed by atoms with Gasteiger partial charge in [-0.25, -0.2) is 4.39 Å². The van der Waals surface area contributed by atoms with Gasteiger partial charge in [-0.2, -0.15) is 0 Å². The van der Waals surface area contributed by atoms with E-state index in [1.165, 1.54) is 22.9 Å². The van der Waals surface area contributed by atoms with Crippen LogP contribution in [-0.2, 0) is 11.3 Å². The van der Waals surface area contributed by atoms with Crippen LogP contribution in [0.3, 0.4) is 0 Å². The maximum atomic E-state index is 13.9. The zero-order valence-corrected chi connectivity index (χ0v) is 17.9. The zero-order chi connectivity index (χ0) is 23.4. The van der Waals surface area contributed by atoms with Crippen LogP contribution in [0, 0.1) is 5.82 Å². The minimum absolute atomic E-state index is 0.0330. The van der Waals surface area contributed by atoms with E-state index < -0.39 is 17.0 Å². The number of fused-ring (bicyclic) bond motifs is 1. The van der Waals surface area contributed by atoms with Crippen molar-refractivity contribution < 1.29 is 18.7 Å². The average molecular weight is 444 g/mol. The van der Waals surface area contributed by atoms with E-state index in [2.05, 4.69) is 5.32 Å². The Kier molecular flexibility index (Phi) is 6.31. The summed E-state index contributed by atoms with van der Waals surface area (Å²) in [5.41, 5.74) is 0.540. The van der Waals surface area contributed by atoms with Gasteiger partial charge in [0.15, 0.2) is 5.78 Å². The molecule has 3 aromatic carbocycles. The average Bonchev–Trinajstić information content (AvgIpc) is 2.82. The number of ketones is 1. The number of carbonyl (C=O) groups is 2. The van der Waals surface area contributed by atoms with Gasteiger partial charge in [0.2, 0.25) is 11.3 Å². The Balaban J connectivity index is 1.69. The molecule has 166 valence electrons. The Hall–Kier alpha value is -4.26. The van der Waals surface area contributed by atoms with Crippen LogP contribution in [0.4, 0.5) is 10.1 Å². The molecule has 0 bridgehead atoms. The van der Waals surface area contributed by atoms with E-state index in [1.54, 1.807) is 54.6 Å². The number of halogens is 1. The second-order valence-corrected chi connectivity index (χ2v) is 7.36. The summed E-state index contributed by atoms with van der Waals surface area (Å²) in [6, 6.07) is 19.0. The Morgan fingerprint density at radius 1 is 1.00 bits per heavy atom. The molecule has 7 heteroatoms. The molecule has 0 aliphatic heterocycles. The van der Waals surface area contributed by atoms with Gasteiger partial charge in [0.1, 0.15) is 18.1 Å². The monoisotopic (exact) mass is 444 g/mol.